The van der Waals surface area contributed by atoms with Crippen LogP contribution in [0.4, 0.5) is 11.4 Å². The van der Waals surface area contributed by atoms with E-state index in [2.05, 4.69) is 126 Å². The molecule has 4 aromatic rings. The molecule has 0 unspecified atom stereocenters. The predicted octanol–water partition coefficient (Wildman–Crippen LogP) is 7.17. The lowest BCUT2D eigenvalue weighted by molar-refractivity contribution is 0.333. The Kier molecular flexibility index (Phi) is 6.67. The van der Waals surface area contributed by atoms with Crippen LogP contribution in [0.2, 0.25) is 0 Å². The first kappa shape index (κ1) is 22.3. The van der Waals surface area contributed by atoms with E-state index in [0.717, 1.165) is 24.9 Å². The fourth-order valence-electron chi connectivity index (χ4n) is 5.78. The minimum Gasteiger partial charge on any atom is -0.388 e. The van der Waals surface area contributed by atoms with E-state index in [-0.39, 0.29) is 0 Å². The number of nitrogens with one attached hydrogen (secondary N) is 1. The number of nitrogens with zero attached hydrogens (tertiary/aromatic N) is 1. The van der Waals surface area contributed by atoms with Crippen LogP contribution in [0.15, 0.2) is 109 Å². The summed E-state index contributed by atoms with van der Waals surface area (Å²) in [6.07, 6.45) is 3.30. The second-order valence-electron chi connectivity index (χ2n) is 9.46. The molecule has 4 aromatic carbocycles. The van der Waals surface area contributed by atoms with E-state index in [1.54, 1.807) is 0 Å². The molecule has 0 saturated carbocycles. The van der Waals surface area contributed by atoms with E-state index in [4.69, 9.17) is 0 Å². The highest BCUT2D eigenvalue weighted by atomic mass is 15.2. The molecule has 0 fully saturated rings. The fraction of sp³-hybridized carbons (Fsp3) is 0.250. The van der Waals surface area contributed by atoms with Crippen molar-refractivity contribution in [2.24, 2.45) is 5.92 Å². The third-order valence-corrected chi connectivity index (χ3v) is 7.52. The van der Waals surface area contributed by atoms with Gasteiger partial charge in [-0.2, -0.15) is 0 Å². The molecule has 1 aliphatic rings. The lowest BCUT2D eigenvalue weighted by atomic mass is 9.69. The van der Waals surface area contributed by atoms with Gasteiger partial charge in [-0.15, -0.1) is 0 Å². The number of benzene rings is 4. The van der Waals surface area contributed by atoms with Gasteiger partial charge in [0.05, 0.1) is 0 Å². The van der Waals surface area contributed by atoms with Gasteiger partial charge in [-0.1, -0.05) is 91.0 Å². The second kappa shape index (κ2) is 10.2. The lowest BCUT2D eigenvalue weighted by Gasteiger charge is -2.47. The van der Waals surface area contributed by atoms with Gasteiger partial charge in [0.25, 0.3) is 0 Å². The minimum absolute atomic E-state index is 0.360. The van der Waals surface area contributed by atoms with Crippen LogP contribution in [0.3, 0.4) is 0 Å². The zero-order valence-electron chi connectivity index (χ0n) is 20.2. The monoisotopic (exact) mass is 446 g/mol. The number of hydrogen-bond acceptors (Lipinski definition) is 2. The van der Waals surface area contributed by atoms with E-state index in [1.807, 2.05) is 7.05 Å². The van der Waals surface area contributed by atoms with Gasteiger partial charge in [0.2, 0.25) is 0 Å². The smallest absolute Gasteiger partial charge is 0.0405 e. The molecule has 5 rings (SSSR count). The molecule has 34 heavy (non-hydrogen) atoms. The summed E-state index contributed by atoms with van der Waals surface area (Å²) in [5, 5.41) is 3.27. The summed E-state index contributed by atoms with van der Waals surface area (Å²) in [5.41, 5.74) is 8.21. The molecule has 2 nitrogen and oxygen atoms in total. The Bertz CT molecular complexity index is 1180. The van der Waals surface area contributed by atoms with Crippen molar-refractivity contribution in [2.45, 2.75) is 31.2 Å². The van der Waals surface area contributed by atoms with Gasteiger partial charge in [-0.25, -0.2) is 0 Å². The third-order valence-electron chi connectivity index (χ3n) is 7.52. The van der Waals surface area contributed by atoms with Crippen LogP contribution in [-0.2, 0) is 12.8 Å². The lowest BCUT2D eigenvalue weighted by Crippen LogP contribution is -2.46. The van der Waals surface area contributed by atoms with Gasteiger partial charge in [0, 0.05) is 37.4 Å². The maximum atomic E-state index is 3.27. The molecule has 172 valence electrons. The number of hydrogen-bond donors (Lipinski definition) is 1. The molecule has 0 radical (unpaired) electrons. The van der Waals surface area contributed by atoms with Crippen molar-refractivity contribution in [3.05, 3.63) is 131 Å². The Hall–Kier alpha value is -3.52. The molecule has 2 heteroatoms. The van der Waals surface area contributed by atoms with Crippen molar-refractivity contribution in [1.29, 1.82) is 0 Å². The highest BCUT2D eigenvalue weighted by molar-refractivity contribution is 5.61. The van der Waals surface area contributed by atoms with Gasteiger partial charge in [0.1, 0.15) is 0 Å². The number of aryl methyl sites for hydroxylation is 1. The van der Waals surface area contributed by atoms with E-state index < -0.39 is 0 Å². The molecule has 0 saturated heterocycles. The molecule has 0 amide bonds. The standard InChI is InChI=1S/C32H34N2/c1-33-27-20-18-26(19-21-27)32-28-15-9-10-16-30(28)34(2)31(22-17-24-11-5-3-6-12-24)29(32)23-25-13-7-4-8-14-25/h3-16,18-21,29,31-33H,17,22-23H2,1-2H3/t29-,31-,32+/m0/s1. The number of rotatable bonds is 7. The molecule has 0 aromatic heterocycles. The Labute approximate surface area is 204 Å². The van der Waals surface area contributed by atoms with Crippen LogP contribution in [0.25, 0.3) is 0 Å². The maximum absolute atomic E-state index is 3.27. The van der Waals surface area contributed by atoms with Crippen molar-refractivity contribution in [3.8, 4) is 0 Å². The largest absolute Gasteiger partial charge is 0.388 e. The number of fused-ring (bicyclic) bond motifs is 1. The Balaban J connectivity index is 1.58. The minimum atomic E-state index is 0.360. The van der Waals surface area contributed by atoms with E-state index >= 15 is 0 Å². The maximum Gasteiger partial charge on any atom is 0.0405 e. The van der Waals surface area contributed by atoms with Gasteiger partial charge in [-0.05, 0) is 65.6 Å². The van der Waals surface area contributed by atoms with Crippen molar-refractivity contribution < 1.29 is 0 Å². The topological polar surface area (TPSA) is 15.3 Å². The average molecular weight is 447 g/mol. The highest BCUT2D eigenvalue weighted by Gasteiger charge is 2.40. The van der Waals surface area contributed by atoms with Crippen LogP contribution >= 0.6 is 0 Å². The predicted molar refractivity (Wildman–Crippen MR) is 145 cm³/mol. The summed E-state index contributed by atoms with van der Waals surface area (Å²) in [7, 11) is 4.28. The molecule has 1 N–H and O–H groups in total. The summed E-state index contributed by atoms with van der Waals surface area (Å²) in [5.74, 6) is 0.839. The van der Waals surface area contributed by atoms with E-state index in [1.165, 1.54) is 27.9 Å². The molecular weight excluding hydrogens is 412 g/mol. The Morgan fingerprint density at radius 2 is 1.32 bits per heavy atom. The van der Waals surface area contributed by atoms with Crippen molar-refractivity contribution in [1.82, 2.24) is 0 Å². The summed E-state index contributed by atoms with van der Waals surface area (Å²) in [6.45, 7) is 0. The van der Waals surface area contributed by atoms with Crippen molar-refractivity contribution in [3.63, 3.8) is 0 Å². The van der Waals surface area contributed by atoms with E-state index in [0.29, 0.717) is 17.9 Å². The average Bonchev–Trinajstić information content (AvgIpc) is 2.90. The highest BCUT2D eigenvalue weighted by Crippen LogP contribution is 2.47. The van der Waals surface area contributed by atoms with Crippen LogP contribution in [0, 0.1) is 5.92 Å². The first-order valence-electron chi connectivity index (χ1n) is 12.4. The summed E-state index contributed by atoms with van der Waals surface area (Å²) >= 11 is 0. The zero-order chi connectivity index (χ0) is 23.3. The fourth-order valence-corrected chi connectivity index (χ4v) is 5.78. The summed E-state index contributed by atoms with van der Waals surface area (Å²) in [4.78, 5) is 2.56. The van der Waals surface area contributed by atoms with Crippen molar-refractivity contribution >= 4 is 11.4 Å². The molecule has 1 aliphatic heterocycles. The van der Waals surface area contributed by atoms with Crippen LogP contribution in [0.1, 0.15) is 34.6 Å². The van der Waals surface area contributed by atoms with Gasteiger partial charge in [0.15, 0.2) is 0 Å². The van der Waals surface area contributed by atoms with Crippen LogP contribution < -0.4 is 10.2 Å². The summed E-state index contributed by atoms with van der Waals surface area (Å²) in [6, 6.07) is 40.5. The Morgan fingerprint density at radius 3 is 2.00 bits per heavy atom. The molecule has 1 heterocycles. The number of anilines is 2. The van der Waals surface area contributed by atoms with Crippen LogP contribution in [-0.4, -0.2) is 20.1 Å². The number of para-hydroxylation sites is 1. The zero-order valence-corrected chi connectivity index (χ0v) is 20.2. The van der Waals surface area contributed by atoms with Gasteiger partial charge >= 0.3 is 0 Å². The van der Waals surface area contributed by atoms with Gasteiger partial charge < -0.3 is 10.2 Å². The van der Waals surface area contributed by atoms with Crippen LogP contribution in [0.5, 0.6) is 0 Å². The van der Waals surface area contributed by atoms with E-state index in [9.17, 15) is 0 Å². The first-order valence-corrected chi connectivity index (χ1v) is 12.4. The van der Waals surface area contributed by atoms with Crippen molar-refractivity contribution in [2.75, 3.05) is 24.3 Å². The SMILES string of the molecule is CNc1ccc([C@@H]2c3ccccc3N(C)[C@@H](CCc3ccccc3)[C@@H]2Cc2ccccc2)cc1. The molecule has 0 bridgehead atoms. The molecule has 0 aliphatic carbocycles. The molecular formula is C32H34N2. The third kappa shape index (κ3) is 4.59. The van der Waals surface area contributed by atoms with Gasteiger partial charge in [-0.3, -0.25) is 0 Å². The quantitative estimate of drug-likeness (QED) is 0.324. The second-order valence-corrected chi connectivity index (χ2v) is 9.46. The molecule has 0 spiro atoms. The Morgan fingerprint density at radius 1 is 0.706 bits per heavy atom. The first-order chi connectivity index (χ1) is 16.7. The molecule has 3 atom stereocenters. The summed E-state index contributed by atoms with van der Waals surface area (Å²) < 4.78 is 0. The normalized spacial score (nSPS) is 19.5.